The number of hydrogen-bond donors (Lipinski definition) is 0. The minimum atomic E-state index is 0.312. The van der Waals surface area contributed by atoms with Crippen LogP contribution in [-0.4, -0.2) is 37.6 Å². The number of benzene rings is 1. The van der Waals surface area contributed by atoms with Crippen molar-refractivity contribution in [1.82, 2.24) is 25.0 Å². The molecular formula is C20H21N5O. The van der Waals surface area contributed by atoms with Gasteiger partial charge in [-0.1, -0.05) is 35.5 Å². The van der Waals surface area contributed by atoms with Gasteiger partial charge in [0.2, 0.25) is 0 Å². The number of aromatic nitrogens is 4. The fraction of sp³-hybridized carbons (Fsp3) is 0.400. The summed E-state index contributed by atoms with van der Waals surface area (Å²) in [6, 6.07) is 11.7. The Morgan fingerprint density at radius 3 is 2.73 bits per heavy atom. The van der Waals surface area contributed by atoms with Gasteiger partial charge in [-0.2, -0.15) is 4.98 Å². The van der Waals surface area contributed by atoms with Crippen LogP contribution in [0.5, 0.6) is 0 Å². The summed E-state index contributed by atoms with van der Waals surface area (Å²) in [7, 11) is 0. The lowest BCUT2D eigenvalue weighted by atomic mass is 9.94. The normalized spacial score (nSPS) is 25.5. The highest BCUT2D eigenvalue weighted by molar-refractivity contribution is 5.49. The zero-order valence-electron chi connectivity index (χ0n) is 14.7. The molecule has 26 heavy (non-hydrogen) atoms. The Morgan fingerprint density at radius 2 is 1.92 bits per heavy atom. The molecule has 0 saturated carbocycles. The zero-order chi connectivity index (χ0) is 17.5. The summed E-state index contributed by atoms with van der Waals surface area (Å²) in [5.41, 5.74) is 2.16. The van der Waals surface area contributed by atoms with Gasteiger partial charge in [0, 0.05) is 30.4 Å². The van der Waals surface area contributed by atoms with Crippen LogP contribution in [0.15, 0.2) is 47.2 Å². The molecule has 0 bridgehead atoms. The van der Waals surface area contributed by atoms with Crippen molar-refractivity contribution in [2.45, 2.75) is 44.2 Å². The van der Waals surface area contributed by atoms with E-state index in [0.717, 1.165) is 30.2 Å². The molecule has 4 heterocycles. The van der Waals surface area contributed by atoms with E-state index in [-0.39, 0.29) is 0 Å². The second-order valence-electron chi connectivity index (χ2n) is 7.19. The van der Waals surface area contributed by atoms with E-state index in [1.807, 2.05) is 6.92 Å². The van der Waals surface area contributed by atoms with E-state index >= 15 is 0 Å². The quantitative estimate of drug-likeness (QED) is 0.722. The third kappa shape index (κ3) is 2.61. The molecule has 2 aliphatic heterocycles. The third-order valence-corrected chi connectivity index (χ3v) is 5.67. The monoisotopic (exact) mass is 347 g/mol. The molecule has 6 heteroatoms. The first-order valence-corrected chi connectivity index (χ1v) is 9.23. The molecule has 3 atom stereocenters. The molecule has 2 aromatic heterocycles. The molecule has 6 nitrogen and oxygen atoms in total. The van der Waals surface area contributed by atoms with Crippen molar-refractivity contribution in [3.8, 4) is 11.5 Å². The van der Waals surface area contributed by atoms with Crippen molar-refractivity contribution in [2.24, 2.45) is 0 Å². The van der Waals surface area contributed by atoms with E-state index in [1.165, 1.54) is 18.4 Å². The van der Waals surface area contributed by atoms with E-state index in [4.69, 9.17) is 9.51 Å². The molecular weight excluding hydrogens is 326 g/mol. The lowest BCUT2D eigenvalue weighted by molar-refractivity contribution is 0.243. The minimum absolute atomic E-state index is 0.312. The lowest BCUT2D eigenvalue weighted by Crippen LogP contribution is -2.27. The van der Waals surface area contributed by atoms with Crippen molar-refractivity contribution in [3.05, 3.63) is 59.9 Å². The first-order valence-electron chi connectivity index (χ1n) is 9.23. The van der Waals surface area contributed by atoms with Gasteiger partial charge < -0.3 is 4.52 Å². The van der Waals surface area contributed by atoms with Crippen LogP contribution in [0, 0.1) is 6.92 Å². The molecule has 0 radical (unpaired) electrons. The Hall–Kier alpha value is -2.60. The zero-order valence-corrected chi connectivity index (χ0v) is 14.7. The molecule has 0 unspecified atom stereocenters. The molecule has 1 aromatic carbocycles. The average Bonchev–Trinajstić information content (AvgIpc) is 3.39. The molecule has 0 aliphatic carbocycles. The molecule has 132 valence electrons. The molecule has 0 N–H and O–H groups in total. The molecule has 0 amide bonds. The smallest absolute Gasteiger partial charge is 0.261 e. The van der Waals surface area contributed by atoms with Crippen LogP contribution in [0.2, 0.25) is 0 Å². The van der Waals surface area contributed by atoms with E-state index in [0.29, 0.717) is 23.9 Å². The van der Waals surface area contributed by atoms with Crippen LogP contribution in [0.4, 0.5) is 0 Å². The Bertz CT molecular complexity index is 892. The van der Waals surface area contributed by atoms with Crippen LogP contribution >= 0.6 is 0 Å². The summed E-state index contributed by atoms with van der Waals surface area (Å²) in [5, 5.41) is 4.32. The first kappa shape index (κ1) is 15.6. The predicted octanol–water partition coefficient (Wildman–Crippen LogP) is 3.53. The van der Waals surface area contributed by atoms with Crippen molar-refractivity contribution < 1.29 is 4.52 Å². The first-order chi connectivity index (χ1) is 12.8. The maximum Gasteiger partial charge on any atom is 0.261 e. The van der Waals surface area contributed by atoms with Crippen molar-refractivity contribution in [1.29, 1.82) is 0 Å². The fourth-order valence-corrected chi connectivity index (χ4v) is 4.45. The predicted molar refractivity (Wildman–Crippen MR) is 96.3 cm³/mol. The highest BCUT2D eigenvalue weighted by Gasteiger charge is 2.46. The minimum Gasteiger partial charge on any atom is -0.334 e. The van der Waals surface area contributed by atoms with E-state index in [2.05, 4.69) is 50.4 Å². The average molecular weight is 347 g/mol. The van der Waals surface area contributed by atoms with Crippen LogP contribution in [-0.2, 0) is 0 Å². The van der Waals surface area contributed by atoms with E-state index < -0.39 is 0 Å². The second-order valence-corrected chi connectivity index (χ2v) is 7.19. The van der Waals surface area contributed by atoms with Crippen LogP contribution in [0.25, 0.3) is 11.5 Å². The van der Waals surface area contributed by atoms with Gasteiger partial charge in [-0.3, -0.25) is 4.90 Å². The molecule has 3 aromatic rings. The van der Waals surface area contributed by atoms with Crippen molar-refractivity contribution in [3.63, 3.8) is 0 Å². The number of nitrogens with zero attached hydrogens (tertiary/aromatic N) is 5. The summed E-state index contributed by atoms with van der Waals surface area (Å²) in [4.78, 5) is 15.8. The molecule has 0 spiro atoms. The van der Waals surface area contributed by atoms with Crippen molar-refractivity contribution in [2.75, 3.05) is 6.54 Å². The molecule has 2 fully saturated rings. The number of aryl methyl sites for hydroxylation is 1. The van der Waals surface area contributed by atoms with Crippen LogP contribution in [0.1, 0.15) is 48.4 Å². The Balaban J connectivity index is 1.44. The van der Waals surface area contributed by atoms with Gasteiger partial charge >= 0.3 is 0 Å². The molecule has 5 rings (SSSR count). The highest BCUT2D eigenvalue weighted by atomic mass is 16.5. The Morgan fingerprint density at radius 1 is 1.12 bits per heavy atom. The lowest BCUT2D eigenvalue weighted by Gasteiger charge is -2.24. The second kappa shape index (κ2) is 6.29. The maximum atomic E-state index is 5.53. The van der Waals surface area contributed by atoms with Gasteiger partial charge in [-0.15, -0.1) is 0 Å². The topological polar surface area (TPSA) is 67.9 Å². The fourth-order valence-electron chi connectivity index (χ4n) is 4.45. The van der Waals surface area contributed by atoms with Crippen LogP contribution < -0.4 is 0 Å². The Labute approximate surface area is 152 Å². The van der Waals surface area contributed by atoms with Gasteiger partial charge in [0.15, 0.2) is 5.82 Å². The summed E-state index contributed by atoms with van der Waals surface area (Å²) in [5.74, 6) is 2.37. The van der Waals surface area contributed by atoms with Gasteiger partial charge in [0.1, 0.15) is 5.82 Å². The summed E-state index contributed by atoms with van der Waals surface area (Å²) in [6.07, 6.45) is 6.95. The van der Waals surface area contributed by atoms with Gasteiger partial charge in [-0.25, -0.2) is 9.97 Å². The number of rotatable bonds is 3. The summed E-state index contributed by atoms with van der Waals surface area (Å²) in [6.45, 7) is 3.01. The summed E-state index contributed by atoms with van der Waals surface area (Å²) >= 11 is 0. The van der Waals surface area contributed by atoms with Crippen molar-refractivity contribution >= 4 is 0 Å². The van der Waals surface area contributed by atoms with E-state index in [1.54, 1.807) is 12.4 Å². The standard InChI is InChI=1S/C20H21N5O/c1-13-21-11-15(12-22-13)20-23-19(24-26-20)16-10-18(14-6-3-2-4-7-14)25-9-5-8-17(16)25/h2-4,6-7,11-12,16-18H,5,8-10H2,1H3/t16-,17+,18-/m0/s1. The van der Waals surface area contributed by atoms with Crippen LogP contribution in [0.3, 0.4) is 0 Å². The largest absolute Gasteiger partial charge is 0.334 e. The third-order valence-electron chi connectivity index (χ3n) is 5.67. The molecule has 2 aliphatic rings. The number of fused-ring (bicyclic) bond motifs is 1. The van der Waals surface area contributed by atoms with Gasteiger partial charge in [0.05, 0.1) is 5.56 Å². The number of hydrogen-bond acceptors (Lipinski definition) is 6. The highest BCUT2D eigenvalue weighted by Crippen LogP contribution is 2.48. The molecule has 2 saturated heterocycles. The Kier molecular flexibility index (Phi) is 3.78. The van der Waals surface area contributed by atoms with E-state index in [9.17, 15) is 0 Å². The van der Waals surface area contributed by atoms with Gasteiger partial charge in [0.25, 0.3) is 5.89 Å². The van der Waals surface area contributed by atoms with Gasteiger partial charge in [-0.05, 0) is 38.3 Å². The SMILES string of the molecule is Cc1ncc(-c2nc([C@H]3C[C@@H](c4ccccc4)N4CCC[C@H]34)no2)cn1. The maximum absolute atomic E-state index is 5.53. The summed E-state index contributed by atoms with van der Waals surface area (Å²) < 4.78 is 5.53.